The van der Waals surface area contributed by atoms with Crippen molar-refractivity contribution in [2.75, 3.05) is 13.7 Å². The molecule has 0 N–H and O–H groups in total. The van der Waals surface area contributed by atoms with Gasteiger partial charge in [0.15, 0.2) is 0 Å². The van der Waals surface area contributed by atoms with Gasteiger partial charge in [0, 0.05) is 0 Å². The highest BCUT2D eigenvalue weighted by Crippen LogP contribution is 2.52. The van der Waals surface area contributed by atoms with Crippen LogP contribution in [0.25, 0.3) is 5.57 Å². The van der Waals surface area contributed by atoms with Crippen molar-refractivity contribution in [1.82, 2.24) is 0 Å². The molecule has 2 atom stereocenters. The summed E-state index contributed by atoms with van der Waals surface area (Å²) >= 11 is 0. The Bertz CT molecular complexity index is 600. The minimum absolute atomic E-state index is 0.0136. The molecule has 0 amide bonds. The lowest BCUT2D eigenvalue weighted by atomic mass is 9.62. The molecule has 3 rings (SSSR count). The van der Waals surface area contributed by atoms with Gasteiger partial charge in [-0.3, -0.25) is 4.79 Å². The number of carbonyl (C=O) groups excluding carboxylic acids is 1. The lowest BCUT2D eigenvalue weighted by Gasteiger charge is -2.39. The molecule has 1 aliphatic heterocycles. The molecule has 22 heavy (non-hydrogen) atoms. The summed E-state index contributed by atoms with van der Waals surface area (Å²) in [5.41, 5.74) is 3.80. The van der Waals surface area contributed by atoms with Gasteiger partial charge in [-0.1, -0.05) is 31.6 Å². The number of hydrogen-bond donors (Lipinski definition) is 0. The van der Waals surface area contributed by atoms with E-state index in [1.807, 2.05) is 12.1 Å². The molecular formula is C19H24O3. The first-order chi connectivity index (χ1) is 10.6. The Kier molecular flexibility index (Phi) is 3.98. The van der Waals surface area contributed by atoms with E-state index in [4.69, 9.17) is 9.47 Å². The number of rotatable bonds is 3. The normalized spacial score (nSPS) is 28.1. The molecule has 1 aliphatic carbocycles. The fraction of sp³-hybridized carbons (Fsp3) is 0.526. The number of ether oxygens (including phenoxy) is 2. The molecule has 1 saturated heterocycles. The maximum atomic E-state index is 12.3. The lowest BCUT2D eigenvalue weighted by Crippen LogP contribution is -2.37. The fourth-order valence-electron chi connectivity index (χ4n) is 4.15. The van der Waals surface area contributed by atoms with Crippen LogP contribution in [0.4, 0.5) is 0 Å². The van der Waals surface area contributed by atoms with Crippen LogP contribution in [0.15, 0.2) is 29.8 Å². The van der Waals surface area contributed by atoms with E-state index in [9.17, 15) is 4.79 Å². The quantitative estimate of drug-likeness (QED) is 0.784. The second-order valence-corrected chi connectivity index (χ2v) is 6.35. The molecule has 1 aromatic rings. The topological polar surface area (TPSA) is 35.5 Å². The number of hydrogen-bond acceptors (Lipinski definition) is 3. The number of allylic oxidation sites excluding steroid dienone is 2. The Morgan fingerprint density at radius 3 is 2.55 bits per heavy atom. The molecule has 3 nitrogen and oxygen atoms in total. The van der Waals surface area contributed by atoms with Crippen molar-refractivity contribution in [2.45, 2.75) is 39.5 Å². The first-order valence-electron chi connectivity index (χ1n) is 8.16. The average molecular weight is 300 g/mol. The van der Waals surface area contributed by atoms with E-state index in [1.54, 1.807) is 7.11 Å². The van der Waals surface area contributed by atoms with Gasteiger partial charge in [0.2, 0.25) is 0 Å². The zero-order valence-electron chi connectivity index (χ0n) is 13.6. The SMILES string of the molecule is CCC1=C(c2ccc(OC)cc2)CCC2(CCOC2=O)C1C. The Morgan fingerprint density at radius 2 is 2.00 bits per heavy atom. The van der Waals surface area contributed by atoms with Crippen LogP contribution in [0.3, 0.4) is 0 Å². The van der Waals surface area contributed by atoms with E-state index < -0.39 is 0 Å². The largest absolute Gasteiger partial charge is 0.497 e. The van der Waals surface area contributed by atoms with Gasteiger partial charge in [-0.05, 0) is 54.9 Å². The molecule has 0 radical (unpaired) electrons. The third kappa shape index (κ3) is 2.23. The second-order valence-electron chi connectivity index (χ2n) is 6.35. The number of benzene rings is 1. The van der Waals surface area contributed by atoms with Crippen LogP contribution >= 0.6 is 0 Å². The minimum atomic E-state index is -0.276. The van der Waals surface area contributed by atoms with E-state index in [0.29, 0.717) is 6.61 Å². The number of esters is 1. The Labute approximate surface area is 132 Å². The summed E-state index contributed by atoms with van der Waals surface area (Å²) < 4.78 is 10.5. The van der Waals surface area contributed by atoms with Gasteiger partial charge in [0.25, 0.3) is 0 Å². The Balaban J connectivity index is 1.99. The van der Waals surface area contributed by atoms with Gasteiger partial charge in [-0.15, -0.1) is 0 Å². The molecule has 118 valence electrons. The molecule has 2 unspecified atom stereocenters. The van der Waals surface area contributed by atoms with Crippen molar-refractivity contribution < 1.29 is 14.3 Å². The molecule has 2 aliphatic rings. The molecular weight excluding hydrogens is 276 g/mol. The number of cyclic esters (lactones) is 1. The molecule has 0 saturated carbocycles. The summed E-state index contributed by atoms with van der Waals surface area (Å²) in [6.07, 6.45) is 3.71. The summed E-state index contributed by atoms with van der Waals surface area (Å²) in [4.78, 5) is 12.3. The van der Waals surface area contributed by atoms with Crippen molar-refractivity contribution in [2.24, 2.45) is 11.3 Å². The minimum Gasteiger partial charge on any atom is -0.497 e. The molecule has 1 fully saturated rings. The Hall–Kier alpha value is -1.77. The summed E-state index contributed by atoms with van der Waals surface area (Å²) in [6.45, 7) is 4.97. The predicted molar refractivity (Wildman–Crippen MR) is 86.6 cm³/mol. The third-order valence-electron chi connectivity index (χ3n) is 5.57. The van der Waals surface area contributed by atoms with Gasteiger partial charge in [0.05, 0.1) is 19.1 Å². The van der Waals surface area contributed by atoms with Gasteiger partial charge in [-0.2, -0.15) is 0 Å². The summed E-state index contributed by atoms with van der Waals surface area (Å²) in [7, 11) is 1.68. The zero-order chi connectivity index (χ0) is 15.7. The van der Waals surface area contributed by atoms with Crippen LogP contribution in [-0.4, -0.2) is 19.7 Å². The molecule has 1 aromatic carbocycles. The van der Waals surface area contributed by atoms with Crippen LogP contribution < -0.4 is 4.74 Å². The van der Waals surface area contributed by atoms with Crippen LogP contribution in [-0.2, 0) is 9.53 Å². The van der Waals surface area contributed by atoms with Crippen molar-refractivity contribution in [3.8, 4) is 5.75 Å². The third-order valence-corrected chi connectivity index (χ3v) is 5.57. The molecule has 0 aromatic heterocycles. The van der Waals surface area contributed by atoms with Crippen molar-refractivity contribution in [3.05, 3.63) is 35.4 Å². The number of methoxy groups -OCH3 is 1. The summed E-state index contributed by atoms with van der Waals surface area (Å²) in [6, 6.07) is 8.27. The van der Waals surface area contributed by atoms with Gasteiger partial charge in [-0.25, -0.2) is 0 Å². The standard InChI is InChI=1S/C19H24O3/c1-4-16-13(2)19(11-12-22-18(19)20)10-9-17(16)14-5-7-15(21-3)8-6-14/h5-8,13H,4,9-12H2,1-3H3. The predicted octanol–water partition coefficient (Wildman–Crippen LogP) is 4.22. The van der Waals surface area contributed by atoms with Gasteiger partial charge < -0.3 is 9.47 Å². The molecule has 0 bridgehead atoms. The van der Waals surface area contributed by atoms with Crippen molar-refractivity contribution in [1.29, 1.82) is 0 Å². The summed E-state index contributed by atoms with van der Waals surface area (Å²) in [5.74, 6) is 1.15. The van der Waals surface area contributed by atoms with Crippen LogP contribution in [0, 0.1) is 11.3 Å². The maximum Gasteiger partial charge on any atom is 0.312 e. The highest BCUT2D eigenvalue weighted by Gasteiger charge is 2.51. The molecule has 1 heterocycles. The Morgan fingerprint density at radius 1 is 1.27 bits per heavy atom. The van der Waals surface area contributed by atoms with E-state index >= 15 is 0 Å². The highest BCUT2D eigenvalue weighted by atomic mass is 16.5. The highest BCUT2D eigenvalue weighted by molar-refractivity contribution is 5.82. The van der Waals surface area contributed by atoms with Crippen molar-refractivity contribution in [3.63, 3.8) is 0 Å². The van der Waals surface area contributed by atoms with Crippen LogP contribution in [0.5, 0.6) is 5.75 Å². The average Bonchev–Trinajstić information content (AvgIpc) is 2.92. The van der Waals surface area contributed by atoms with Gasteiger partial charge in [0.1, 0.15) is 5.75 Å². The van der Waals surface area contributed by atoms with Gasteiger partial charge >= 0.3 is 5.97 Å². The lowest BCUT2D eigenvalue weighted by molar-refractivity contribution is -0.148. The monoisotopic (exact) mass is 300 g/mol. The van der Waals surface area contributed by atoms with E-state index in [0.717, 1.165) is 31.4 Å². The second kappa shape index (κ2) is 5.79. The van der Waals surface area contributed by atoms with E-state index in [-0.39, 0.29) is 17.3 Å². The fourth-order valence-corrected chi connectivity index (χ4v) is 4.15. The smallest absolute Gasteiger partial charge is 0.312 e. The van der Waals surface area contributed by atoms with Crippen LogP contribution in [0.1, 0.15) is 45.1 Å². The first-order valence-corrected chi connectivity index (χ1v) is 8.16. The van der Waals surface area contributed by atoms with Crippen LogP contribution in [0.2, 0.25) is 0 Å². The van der Waals surface area contributed by atoms with E-state index in [1.165, 1.54) is 16.7 Å². The molecule has 1 spiro atoms. The zero-order valence-corrected chi connectivity index (χ0v) is 13.6. The number of carbonyl (C=O) groups is 1. The van der Waals surface area contributed by atoms with E-state index in [2.05, 4.69) is 26.0 Å². The molecule has 3 heteroatoms. The summed E-state index contributed by atoms with van der Waals surface area (Å²) in [5, 5.41) is 0. The first kappa shape index (κ1) is 15.1. The maximum absolute atomic E-state index is 12.3. The van der Waals surface area contributed by atoms with Crippen molar-refractivity contribution >= 4 is 11.5 Å².